The van der Waals surface area contributed by atoms with E-state index in [-0.39, 0.29) is 5.91 Å². The highest BCUT2D eigenvalue weighted by Crippen LogP contribution is 2.30. The van der Waals surface area contributed by atoms with Gasteiger partial charge in [-0.15, -0.1) is 0 Å². The summed E-state index contributed by atoms with van der Waals surface area (Å²) in [4.78, 5) is 23.3. The van der Waals surface area contributed by atoms with E-state index in [1.807, 2.05) is 42.5 Å². The van der Waals surface area contributed by atoms with Crippen molar-refractivity contribution >= 4 is 17.4 Å². The highest BCUT2D eigenvalue weighted by Gasteiger charge is 2.27. The summed E-state index contributed by atoms with van der Waals surface area (Å²) < 4.78 is 1.64. The third-order valence-electron chi connectivity index (χ3n) is 5.66. The Morgan fingerprint density at radius 2 is 1.94 bits per heavy atom. The van der Waals surface area contributed by atoms with Gasteiger partial charge in [-0.05, 0) is 19.4 Å². The van der Waals surface area contributed by atoms with Crippen LogP contribution < -0.4 is 5.73 Å². The summed E-state index contributed by atoms with van der Waals surface area (Å²) in [6.07, 6.45) is 3.08. The minimum Gasteiger partial charge on any atom is -0.384 e. The van der Waals surface area contributed by atoms with Crippen LogP contribution >= 0.6 is 0 Å². The summed E-state index contributed by atoms with van der Waals surface area (Å²) in [5.41, 5.74) is 12.3. The molecule has 4 heterocycles. The van der Waals surface area contributed by atoms with Gasteiger partial charge in [-0.25, -0.2) is 4.98 Å². The summed E-state index contributed by atoms with van der Waals surface area (Å²) in [6, 6.07) is 13.9. The number of nitrogens with zero attached hydrogens (tertiary/aromatic N) is 5. The molecule has 3 aromatic heterocycles. The Bertz CT molecular complexity index is 1260. The van der Waals surface area contributed by atoms with Gasteiger partial charge in [0.2, 0.25) is 0 Å². The predicted molar refractivity (Wildman–Crippen MR) is 117 cm³/mol. The normalized spacial score (nSPS) is 14.5. The monoisotopic (exact) mass is 414 g/mol. The molecule has 4 aromatic rings. The lowest BCUT2D eigenvalue weighted by molar-refractivity contribution is -0.140. The molecule has 0 aliphatic carbocycles. The van der Waals surface area contributed by atoms with Gasteiger partial charge >= 0.3 is 0 Å². The minimum atomic E-state index is -1.04. The van der Waals surface area contributed by atoms with Crippen LogP contribution in [-0.2, 0) is 17.8 Å². The topological polar surface area (TPSA) is 110 Å². The Labute approximate surface area is 179 Å². The van der Waals surface area contributed by atoms with Crippen molar-refractivity contribution in [2.75, 3.05) is 12.3 Å². The summed E-state index contributed by atoms with van der Waals surface area (Å²) in [5.74, 6) is 0.226. The standard InChI is InChI=1S/C23H22N6O2/c1-14(30)23(31)28-10-9-17-20(13-28)27-22-18(12-26-29(22)21(17)24)16-7-8-19(25-11-16)15-5-3-2-4-6-15/h2-8,11-12,14,30H,9-10,13,24H2,1H3/t14-/m1/s1. The summed E-state index contributed by atoms with van der Waals surface area (Å²) in [7, 11) is 0. The largest absolute Gasteiger partial charge is 0.384 e. The number of nitrogen functional groups attached to an aromatic ring is 1. The molecule has 0 spiro atoms. The average Bonchev–Trinajstić information content (AvgIpc) is 3.23. The first kappa shape index (κ1) is 19.2. The zero-order valence-electron chi connectivity index (χ0n) is 17.1. The van der Waals surface area contributed by atoms with Crippen LogP contribution in [0.15, 0.2) is 54.9 Å². The van der Waals surface area contributed by atoms with E-state index in [2.05, 4.69) is 10.1 Å². The minimum absolute atomic E-state index is 0.305. The van der Waals surface area contributed by atoms with Crippen LogP contribution in [0, 0.1) is 0 Å². The fourth-order valence-electron chi connectivity index (χ4n) is 4.00. The molecule has 1 amide bonds. The van der Waals surface area contributed by atoms with Gasteiger partial charge in [0, 0.05) is 35.0 Å². The first-order valence-corrected chi connectivity index (χ1v) is 10.2. The molecular formula is C23H22N6O2. The molecule has 0 unspecified atom stereocenters. The molecule has 8 heteroatoms. The fraction of sp³-hybridized carbons (Fsp3) is 0.217. The van der Waals surface area contributed by atoms with E-state index in [0.717, 1.165) is 33.6 Å². The predicted octanol–water partition coefficient (Wildman–Crippen LogP) is 2.31. The number of benzene rings is 1. The number of aromatic nitrogens is 4. The quantitative estimate of drug-likeness (QED) is 0.532. The molecule has 0 radical (unpaired) electrons. The molecule has 3 N–H and O–H groups in total. The van der Waals surface area contributed by atoms with E-state index in [0.29, 0.717) is 31.0 Å². The van der Waals surface area contributed by atoms with E-state index in [4.69, 9.17) is 10.7 Å². The molecule has 5 rings (SSSR count). The van der Waals surface area contributed by atoms with Crippen LogP contribution in [0.5, 0.6) is 0 Å². The number of pyridine rings is 1. The van der Waals surface area contributed by atoms with Crippen LogP contribution in [0.1, 0.15) is 18.2 Å². The number of aliphatic hydroxyl groups is 1. The molecule has 0 saturated carbocycles. The first-order valence-electron chi connectivity index (χ1n) is 10.2. The lowest BCUT2D eigenvalue weighted by Gasteiger charge is -2.29. The maximum absolute atomic E-state index is 12.2. The zero-order chi connectivity index (χ0) is 21.5. The molecule has 31 heavy (non-hydrogen) atoms. The second-order valence-corrected chi connectivity index (χ2v) is 7.70. The number of hydrogen-bond acceptors (Lipinski definition) is 6. The van der Waals surface area contributed by atoms with Gasteiger partial charge in [-0.3, -0.25) is 9.78 Å². The number of hydrogen-bond donors (Lipinski definition) is 2. The SMILES string of the molecule is C[C@@H](O)C(=O)N1CCc2c(nc3c(-c4ccc(-c5ccccc5)nc4)cnn3c2N)C1. The van der Waals surface area contributed by atoms with Crippen LogP contribution in [0.25, 0.3) is 28.0 Å². The summed E-state index contributed by atoms with van der Waals surface area (Å²) in [5, 5.41) is 14.1. The van der Waals surface area contributed by atoms with Gasteiger partial charge in [0.1, 0.15) is 11.9 Å². The van der Waals surface area contributed by atoms with Gasteiger partial charge in [0.05, 0.1) is 24.1 Å². The molecular weight excluding hydrogens is 392 g/mol. The van der Waals surface area contributed by atoms with Crippen LogP contribution in [0.3, 0.4) is 0 Å². The molecule has 0 bridgehead atoms. The highest BCUT2D eigenvalue weighted by molar-refractivity contribution is 5.81. The molecule has 1 aromatic carbocycles. The fourth-order valence-corrected chi connectivity index (χ4v) is 4.00. The number of rotatable bonds is 3. The third-order valence-corrected chi connectivity index (χ3v) is 5.66. The Hall–Kier alpha value is -3.78. The van der Waals surface area contributed by atoms with Gasteiger partial charge in [-0.2, -0.15) is 9.61 Å². The number of aliphatic hydroxyl groups excluding tert-OH is 1. The highest BCUT2D eigenvalue weighted by atomic mass is 16.3. The Balaban J connectivity index is 1.53. The molecule has 8 nitrogen and oxygen atoms in total. The average molecular weight is 414 g/mol. The number of fused-ring (bicyclic) bond motifs is 2. The number of nitrogens with two attached hydrogens (primary N) is 1. The van der Waals surface area contributed by atoms with Gasteiger partial charge in [0.25, 0.3) is 5.91 Å². The molecule has 1 aliphatic rings. The van der Waals surface area contributed by atoms with Gasteiger partial charge in [0.15, 0.2) is 5.65 Å². The molecule has 156 valence electrons. The van der Waals surface area contributed by atoms with Crippen molar-refractivity contribution in [2.45, 2.75) is 26.0 Å². The smallest absolute Gasteiger partial charge is 0.251 e. The van der Waals surface area contributed by atoms with E-state index >= 15 is 0 Å². The second-order valence-electron chi connectivity index (χ2n) is 7.70. The Morgan fingerprint density at radius 1 is 1.13 bits per heavy atom. The van der Waals surface area contributed by atoms with Crippen molar-refractivity contribution in [1.29, 1.82) is 0 Å². The van der Waals surface area contributed by atoms with Gasteiger partial charge < -0.3 is 15.7 Å². The Kier molecular flexibility index (Phi) is 4.63. The Morgan fingerprint density at radius 3 is 2.65 bits per heavy atom. The van der Waals surface area contributed by atoms with Crippen molar-refractivity contribution in [3.63, 3.8) is 0 Å². The summed E-state index contributed by atoms with van der Waals surface area (Å²) in [6.45, 7) is 2.28. The molecule has 1 atom stereocenters. The van der Waals surface area contributed by atoms with Crippen LogP contribution in [-0.4, -0.2) is 48.1 Å². The van der Waals surface area contributed by atoms with Crippen LogP contribution in [0.2, 0.25) is 0 Å². The lowest BCUT2D eigenvalue weighted by Crippen LogP contribution is -2.41. The number of anilines is 1. The van der Waals surface area contributed by atoms with E-state index in [1.165, 1.54) is 6.92 Å². The van der Waals surface area contributed by atoms with Gasteiger partial charge in [-0.1, -0.05) is 36.4 Å². The maximum atomic E-state index is 12.2. The van der Waals surface area contributed by atoms with E-state index < -0.39 is 6.10 Å². The molecule has 1 aliphatic heterocycles. The zero-order valence-corrected chi connectivity index (χ0v) is 17.1. The van der Waals surface area contributed by atoms with Crippen molar-refractivity contribution in [1.82, 2.24) is 24.5 Å². The molecule has 0 saturated heterocycles. The van der Waals surface area contributed by atoms with Crippen molar-refractivity contribution in [3.05, 3.63) is 66.1 Å². The molecule has 0 fully saturated rings. The first-order chi connectivity index (χ1) is 15.0. The number of carbonyl (C=O) groups is 1. The summed E-state index contributed by atoms with van der Waals surface area (Å²) >= 11 is 0. The van der Waals surface area contributed by atoms with E-state index in [9.17, 15) is 9.90 Å². The third kappa shape index (κ3) is 3.30. The maximum Gasteiger partial charge on any atom is 0.251 e. The van der Waals surface area contributed by atoms with Crippen molar-refractivity contribution < 1.29 is 9.90 Å². The lowest BCUT2D eigenvalue weighted by atomic mass is 10.0. The number of carbonyl (C=O) groups excluding carboxylic acids is 1. The van der Waals surface area contributed by atoms with Crippen molar-refractivity contribution in [3.8, 4) is 22.4 Å². The van der Waals surface area contributed by atoms with Crippen LogP contribution in [0.4, 0.5) is 5.82 Å². The van der Waals surface area contributed by atoms with Crippen molar-refractivity contribution in [2.24, 2.45) is 0 Å². The number of amides is 1. The van der Waals surface area contributed by atoms with E-state index in [1.54, 1.807) is 21.8 Å². The second kappa shape index (κ2) is 7.48.